The molecule has 0 radical (unpaired) electrons. The van der Waals surface area contributed by atoms with Gasteiger partial charge in [-0.3, -0.25) is 4.79 Å². The van der Waals surface area contributed by atoms with Crippen LogP contribution in [0.5, 0.6) is 0 Å². The van der Waals surface area contributed by atoms with Crippen molar-refractivity contribution in [1.82, 2.24) is 10.3 Å². The molecule has 0 unspecified atom stereocenters. The molecule has 1 aromatic carbocycles. The maximum absolute atomic E-state index is 13.2. The average Bonchev–Trinajstić information content (AvgIpc) is 2.47. The van der Waals surface area contributed by atoms with Crippen LogP contribution in [0.2, 0.25) is 0 Å². The number of pyridine rings is 1. The molecule has 3 rings (SSSR count). The minimum atomic E-state index is -0.338. The fourth-order valence-corrected chi connectivity index (χ4v) is 2.72. The van der Waals surface area contributed by atoms with Gasteiger partial charge in [0.15, 0.2) is 0 Å². The fourth-order valence-electron chi connectivity index (χ4n) is 2.72. The van der Waals surface area contributed by atoms with Crippen molar-refractivity contribution >= 4 is 16.8 Å². The zero-order chi connectivity index (χ0) is 13.9. The summed E-state index contributed by atoms with van der Waals surface area (Å²) in [5.41, 5.74) is 0.870. The van der Waals surface area contributed by atoms with Crippen LogP contribution in [0.1, 0.15) is 42.6 Å². The van der Waals surface area contributed by atoms with Gasteiger partial charge in [-0.25, -0.2) is 9.37 Å². The lowest BCUT2D eigenvalue weighted by atomic mass is 9.95. The Hall–Kier alpha value is -1.97. The summed E-state index contributed by atoms with van der Waals surface area (Å²) in [4.78, 5) is 16.4. The molecule has 4 heteroatoms. The van der Waals surface area contributed by atoms with Crippen molar-refractivity contribution in [3.05, 3.63) is 41.8 Å². The van der Waals surface area contributed by atoms with Crippen molar-refractivity contribution in [2.24, 2.45) is 0 Å². The molecule has 0 bridgehead atoms. The van der Waals surface area contributed by atoms with Crippen molar-refractivity contribution in [3.63, 3.8) is 0 Å². The Morgan fingerprint density at radius 2 is 1.90 bits per heavy atom. The predicted octanol–water partition coefficient (Wildman–Crippen LogP) is 3.44. The molecule has 1 aliphatic rings. The van der Waals surface area contributed by atoms with Gasteiger partial charge in [0, 0.05) is 17.5 Å². The largest absolute Gasteiger partial charge is 0.348 e. The van der Waals surface area contributed by atoms with E-state index in [0.29, 0.717) is 11.2 Å². The third kappa shape index (κ3) is 2.79. The van der Waals surface area contributed by atoms with Crippen LogP contribution in [-0.2, 0) is 0 Å². The Bertz CT molecular complexity index is 635. The number of hydrogen-bond donors (Lipinski definition) is 1. The summed E-state index contributed by atoms with van der Waals surface area (Å²) in [5, 5.41) is 3.85. The molecule has 1 amide bonds. The van der Waals surface area contributed by atoms with Crippen molar-refractivity contribution < 1.29 is 9.18 Å². The zero-order valence-corrected chi connectivity index (χ0v) is 11.2. The topological polar surface area (TPSA) is 42.0 Å². The standard InChI is InChI=1S/C16H17FN2O/c17-12-8-6-11-7-9-14(19-15(11)10-12)16(20)18-13-4-2-1-3-5-13/h6-10,13H,1-5H2,(H,18,20). The number of benzene rings is 1. The van der Waals surface area contributed by atoms with Crippen LogP contribution in [0.3, 0.4) is 0 Å². The number of carbonyl (C=O) groups excluding carboxylic acids is 1. The van der Waals surface area contributed by atoms with E-state index in [1.807, 2.05) is 0 Å². The summed E-state index contributed by atoms with van der Waals surface area (Å²) < 4.78 is 13.2. The second-order valence-corrected chi connectivity index (χ2v) is 5.34. The zero-order valence-electron chi connectivity index (χ0n) is 11.2. The van der Waals surface area contributed by atoms with Crippen LogP contribution in [-0.4, -0.2) is 16.9 Å². The third-order valence-electron chi connectivity index (χ3n) is 3.83. The Morgan fingerprint density at radius 1 is 1.15 bits per heavy atom. The number of hydrogen-bond acceptors (Lipinski definition) is 2. The first kappa shape index (κ1) is 13.0. The summed E-state index contributed by atoms with van der Waals surface area (Å²) in [6.07, 6.45) is 5.66. The quantitative estimate of drug-likeness (QED) is 0.910. The summed E-state index contributed by atoms with van der Waals surface area (Å²) in [7, 11) is 0. The average molecular weight is 272 g/mol. The van der Waals surface area contributed by atoms with Gasteiger partial charge < -0.3 is 5.32 Å². The Kier molecular flexibility index (Phi) is 3.63. The molecular formula is C16H17FN2O. The second kappa shape index (κ2) is 5.57. The highest BCUT2D eigenvalue weighted by molar-refractivity contribution is 5.95. The monoisotopic (exact) mass is 272 g/mol. The highest BCUT2D eigenvalue weighted by atomic mass is 19.1. The lowest BCUT2D eigenvalue weighted by molar-refractivity contribution is 0.0923. The number of carbonyl (C=O) groups is 1. The molecule has 0 saturated heterocycles. The second-order valence-electron chi connectivity index (χ2n) is 5.34. The van der Waals surface area contributed by atoms with Gasteiger partial charge in [-0.1, -0.05) is 25.3 Å². The summed E-state index contributed by atoms with van der Waals surface area (Å²) in [6, 6.07) is 8.16. The molecule has 20 heavy (non-hydrogen) atoms. The lowest BCUT2D eigenvalue weighted by Gasteiger charge is -2.22. The van der Waals surface area contributed by atoms with Crippen molar-refractivity contribution in [3.8, 4) is 0 Å². The first-order chi connectivity index (χ1) is 9.72. The van der Waals surface area contributed by atoms with Crippen LogP contribution in [0, 0.1) is 5.82 Å². The van der Waals surface area contributed by atoms with Crippen molar-refractivity contribution in [1.29, 1.82) is 0 Å². The number of nitrogens with zero attached hydrogens (tertiary/aromatic N) is 1. The Morgan fingerprint density at radius 3 is 2.70 bits per heavy atom. The van der Waals surface area contributed by atoms with E-state index in [1.54, 1.807) is 18.2 Å². The molecular weight excluding hydrogens is 255 g/mol. The molecule has 2 aromatic rings. The van der Waals surface area contributed by atoms with Crippen molar-refractivity contribution in [2.75, 3.05) is 0 Å². The summed E-state index contributed by atoms with van der Waals surface area (Å²) in [5.74, 6) is -0.502. The van der Waals surface area contributed by atoms with Crippen LogP contribution >= 0.6 is 0 Å². The molecule has 0 atom stereocenters. The number of amides is 1. The van der Waals surface area contributed by atoms with E-state index in [0.717, 1.165) is 18.2 Å². The molecule has 1 N–H and O–H groups in total. The number of rotatable bonds is 2. The molecule has 1 heterocycles. The summed E-state index contributed by atoms with van der Waals surface area (Å²) >= 11 is 0. The van der Waals surface area contributed by atoms with Gasteiger partial charge in [0.25, 0.3) is 5.91 Å². The molecule has 1 saturated carbocycles. The molecule has 1 aromatic heterocycles. The maximum atomic E-state index is 13.2. The van der Waals surface area contributed by atoms with E-state index in [9.17, 15) is 9.18 Å². The van der Waals surface area contributed by atoms with Gasteiger partial charge in [0.05, 0.1) is 5.52 Å². The fraction of sp³-hybridized carbons (Fsp3) is 0.375. The van der Waals surface area contributed by atoms with Gasteiger partial charge >= 0.3 is 0 Å². The molecule has 3 nitrogen and oxygen atoms in total. The van der Waals surface area contributed by atoms with Crippen LogP contribution in [0.15, 0.2) is 30.3 Å². The summed E-state index contributed by atoms with van der Waals surface area (Å²) in [6.45, 7) is 0. The van der Waals surface area contributed by atoms with Gasteiger partial charge in [-0.2, -0.15) is 0 Å². The minimum absolute atomic E-state index is 0.164. The normalized spacial score (nSPS) is 16.2. The van der Waals surface area contributed by atoms with E-state index in [1.165, 1.54) is 31.4 Å². The van der Waals surface area contributed by atoms with Crippen LogP contribution in [0.25, 0.3) is 10.9 Å². The molecule has 104 valence electrons. The highest BCUT2D eigenvalue weighted by Crippen LogP contribution is 2.18. The third-order valence-corrected chi connectivity index (χ3v) is 3.83. The van der Waals surface area contributed by atoms with E-state index in [2.05, 4.69) is 10.3 Å². The lowest BCUT2D eigenvalue weighted by Crippen LogP contribution is -2.36. The van der Waals surface area contributed by atoms with E-state index < -0.39 is 0 Å². The first-order valence-electron chi connectivity index (χ1n) is 7.09. The number of nitrogens with one attached hydrogen (secondary N) is 1. The number of fused-ring (bicyclic) bond motifs is 1. The SMILES string of the molecule is O=C(NC1CCCCC1)c1ccc2ccc(F)cc2n1. The van der Waals surface area contributed by atoms with Gasteiger partial charge in [0.2, 0.25) is 0 Å². The number of aromatic nitrogens is 1. The van der Waals surface area contributed by atoms with Gasteiger partial charge in [-0.15, -0.1) is 0 Å². The smallest absolute Gasteiger partial charge is 0.270 e. The molecule has 1 aliphatic carbocycles. The molecule has 0 aliphatic heterocycles. The first-order valence-corrected chi connectivity index (χ1v) is 7.09. The molecule has 1 fully saturated rings. The van der Waals surface area contributed by atoms with E-state index in [4.69, 9.17) is 0 Å². The number of halogens is 1. The minimum Gasteiger partial charge on any atom is -0.348 e. The van der Waals surface area contributed by atoms with Crippen molar-refractivity contribution in [2.45, 2.75) is 38.1 Å². The predicted molar refractivity (Wildman–Crippen MR) is 76.0 cm³/mol. The van der Waals surface area contributed by atoms with Crippen LogP contribution in [0.4, 0.5) is 4.39 Å². The highest BCUT2D eigenvalue weighted by Gasteiger charge is 2.17. The Balaban J connectivity index is 1.80. The van der Waals surface area contributed by atoms with Crippen LogP contribution < -0.4 is 5.32 Å². The molecule has 0 spiro atoms. The van der Waals surface area contributed by atoms with Gasteiger partial charge in [0.1, 0.15) is 11.5 Å². The van der Waals surface area contributed by atoms with E-state index in [-0.39, 0.29) is 17.8 Å². The maximum Gasteiger partial charge on any atom is 0.270 e. The Labute approximate surface area is 117 Å². The van der Waals surface area contributed by atoms with Gasteiger partial charge in [-0.05, 0) is 31.0 Å². The van der Waals surface area contributed by atoms with E-state index >= 15 is 0 Å².